The molecular formula is C11H20O6. The molecule has 6 heteroatoms. The van der Waals surface area contributed by atoms with E-state index in [0.29, 0.717) is 12.8 Å². The molecule has 0 saturated carbocycles. The van der Waals surface area contributed by atoms with Crippen molar-refractivity contribution < 1.29 is 30.0 Å². The second kappa shape index (κ2) is 8.03. The fourth-order valence-electron chi connectivity index (χ4n) is 1.63. The molecule has 0 fully saturated rings. The number of carboxylic acid groups (broad SMARTS) is 2. The fraction of sp³-hybridized carbons (Fsp3) is 0.818. The lowest BCUT2D eigenvalue weighted by molar-refractivity contribution is -0.149. The van der Waals surface area contributed by atoms with Crippen LogP contribution in [0.25, 0.3) is 0 Å². The summed E-state index contributed by atoms with van der Waals surface area (Å²) in [6.07, 6.45) is -1.11. The summed E-state index contributed by atoms with van der Waals surface area (Å²) in [7, 11) is 0. The van der Waals surface area contributed by atoms with Gasteiger partial charge in [-0.25, -0.2) is 0 Å². The molecule has 0 aliphatic rings. The van der Waals surface area contributed by atoms with Gasteiger partial charge < -0.3 is 20.4 Å². The second-order valence-corrected chi connectivity index (χ2v) is 4.05. The molecule has 0 aromatic heterocycles. The van der Waals surface area contributed by atoms with Gasteiger partial charge in [0.25, 0.3) is 0 Å². The molecule has 0 saturated heterocycles. The van der Waals surface area contributed by atoms with E-state index >= 15 is 0 Å². The van der Waals surface area contributed by atoms with E-state index in [1.165, 1.54) is 0 Å². The van der Waals surface area contributed by atoms with Crippen molar-refractivity contribution >= 4 is 11.9 Å². The van der Waals surface area contributed by atoms with Crippen molar-refractivity contribution in [1.29, 1.82) is 0 Å². The first-order valence-electron chi connectivity index (χ1n) is 5.70. The van der Waals surface area contributed by atoms with E-state index in [4.69, 9.17) is 10.2 Å². The number of unbranched alkanes of at least 4 members (excludes halogenated alkanes) is 1. The zero-order valence-corrected chi connectivity index (χ0v) is 9.87. The smallest absolute Gasteiger partial charge is 0.309 e. The Kier molecular flexibility index (Phi) is 7.49. The first-order valence-corrected chi connectivity index (χ1v) is 5.70. The summed E-state index contributed by atoms with van der Waals surface area (Å²) in [6.45, 7) is 1.62. The summed E-state index contributed by atoms with van der Waals surface area (Å²) in [5.41, 5.74) is 0. The van der Waals surface area contributed by atoms with Gasteiger partial charge in [-0.15, -0.1) is 0 Å². The van der Waals surface area contributed by atoms with E-state index in [-0.39, 0.29) is 19.3 Å². The minimum Gasteiger partial charge on any atom is -0.481 e. The van der Waals surface area contributed by atoms with Gasteiger partial charge in [-0.1, -0.05) is 13.3 Å². The van der Waals surface area contributed by atoms with Gasteiger partial charge >= 0.3 is 11.9 Å². The molecule has 0 rings (SSSR count). The van der Waals surface area contributed by atoms with E-state index in [9.17, 15) is 19.8 Å². The quantitative estimate of drug-likeness (QED) is 0.441. The molecule has 0 aliphatic carbocycles. The van der Waals surface area contributed by atoms with Gasteiger partial charge in [0.1, 0.15) is 0 Å². The molecule has 0 aliphatic heterocycles. The normalized spacial score (nSPS) is 16.2. The highest BCUT2D eigenvalue weighted by Gasteiger charge is 2.29. The standard InChI is InChI=1S/C11H20O6/c1-2-7(11(16)17)10(15)8(12)5-3-4-6-9(13)14/h7-8,10,12,15H,2-6H2,1H3,(H,13,14)(H,16,17). The van der Waals surface area contributed by atoms with Crippen molar-refractivity contribution in [2.24, 2.45) is 5.92 Å². The fourth-order valence-corrected chi connectivity index (χ4v) is 1.63. The van der Waals surface area contributed by atoms with Crippen LogP contribution in [0.4, 0.5) is 0 Å². The summed E-state index contributed by atoms with van der Waals surface area (Å²) in [6, 6.07) is 0. The average Bonchev–Trinajstić information content (AvgIpc) is 2.24. The number of aliphatic hydroxyl groups excluding tert-OH is 2. The molecule has 0 radical (unpaired) electrons. The maximum Gasteiger partial charge on any atom is 0.309 e. The zero-order chi connectivity index (χ0) is 13.4. The molecule has 100 valence electrons. The van der Waals surface area contributed by atoms with Crippen LogP contribution in [0.1, 0.15) is 39.0 Å². The molecular weight excluding hydrogens is 228 g/mol. The molecule has 0 amide bonds. The van der Waals surface area contributed by atoms with Crippen molar-refractivity contribution in [1.82, 2.24) is 0 Å². The van der Waals surface area contributed by atoms with Crippen molar-refractivity contribution in [3.8, 4) is 0 Å². The molecule has 0 aromatic carbocycles. The summed E-state index contributed by atoms with van der Waals surface area (Å²) in [5, 5.41) is 36.4. The van der Waals surface area contributed by atoms with Crippen LogP contribution in [-0.2, 0) is 9.59 Å². The Hall–Kier alpha value is -1.14. The SMILES string of the molecule is CCC(C(=O)O)C(O)C(O)CCCCC(=O)O. The molecule has 4 N–H and O–H groups in total. The second-order valence-electron chi connectivity index (χ2n) is 4.05. The average molecular weight is 248 g/mol. The lowest BCUT2D eigenvalue weighted by atomic mass is 9.92. The predicted octanol–water partition coefficient (Wildman–Crippen LogP) is 0.464. The highest BCUT2D eigenvalue weighted by molar-refractivity contribution is 5.70. The van der Waals surface area contributed by atoms with E-state index in [1.807, 2.05) is 0 Å². The van der Waals surface area contributed by atoms with Crippen LogP contribution >= 0.6 is 0 Å². The van der Waals surface area contributed by atoms with Gasteiger partial charge in [0.15, 0.2) is 0 Å². The Bertz CT molecular complexity index is 252. The molecule has 17 heavy (non-hydrogen) atoms. The van der Waals surface area contributed by atoms with Crippen molar-refractivity contribution in [2.75, 3.05) is 0 Å². The molecule has 3 unspecified atom stereocenters. The first kappa shape index (κ1) is 15.9. The molecule has 0 spiro atoms. The Morgan fingerprint density at radius 1 is 1.12 bits per heavy atom. The number of hydrogen-bond donors (Lipinski definition) is 4. The van der Waals surface area contributed by atoms with E-state index in [0.717, 1.165) is 0 Å². The lowest BCUT2D eigenvalue weighted by Gasteiger charge is -2.22. The highest BCUT2D eigenvalue weighted by atomic mass is 16.4. The van der Waals surface area contributed by atoms with Crippen molar-refractivity contribution in [3.05, 3.63) is 0 Å². The Labute approximate surface area is 99.9 Å². The minimum absolute atomic E-state index is 0.0128. The van der Waals surface area contributed by atoms with Crippen LogP contribution in [0.3, 0.4) is 0 Å². The van der Waals surface area contributed by atoms with Crippen LogP contribution < -0.4 is 0 Å². The van der Waals surface area contributed by atoms with Crippen LogP contribution in [0, 0.1) is 5.92 Å². The number of carbonyl (C=O) groups is 2. The summed E-state index contributed by atoms with van der Waals surface area (Å²) >= 11 is 0. The Balaban J connectivity index is 3.99. The summed E-state index contributed by atoms with van der Waals surface area (Å²) in [4.78, 5) is 21.0. The van der Waals surface area contributed by atoms with E-state index in [2.05, 4.69) is 0 Å². The summed E-state index contributed by atoms with van der Waals surface area (Å²) in [5.74, 6) is -3.02. The van der Waals surface area contributed by atoms with E-state index < -0.39 is 30.1 Å². The number of hydrogen-bond acceptors (Lipinski definition) is 4. The maximum atomic E-state index is 10.7. The van der Waals surface area contributed by atoms with Gasteiger partial charge in [0.05, 0.1) is 18.1 Å². The van der Waals surface area contributed by atoms with Gasteiger partial charge in [0.2, 0.25) is 0 Å². The van der Waals surface area contributed by atoms with Gasteiger partial charge in [-0.05, 0) is 19.3 Å². The van der Waals surface area contributed by atoms with Crippen LogP contribution in [0.2, 0.25) is 0 Å². The van der Waals surface area contributed by atoms with Crippen molar-refractivity contribution in [2.45, 2.75) is 51.2 Å². The predicted molar refractivity (Wildman–Crippen MR) is 59.5 cm³/mol. The lowest BCUT2D eigenvalue weighted by Crippen LogP contribution is -2.37. The van der Waals surface area contributed by atoms with E-state index in [1.54, 1.807) is 6.92 Å². The van der Waals surface area contributed by atoms with Gasteiger partial charge in [0, 0.05) is 6.42 Å². The Morgan fingerprint density at radius 2 is 1.71 bits per heavy atom. The monoisotopic (exact) mass is 248 g/mol. The topological polar surface area (TPSA) is 115 Å². The number of carboxylic acids is 2. The maximum absolute atomic E-state index is 10.7. The zero-order valence-electron chi connectivity index (χ0n) is 9.87. The third-order valence-corrected chi connectivity index (χ3v) is 2.70. The van der Waals surface area contributed by atoms with Gasteiger partial charge in [-0.2, -0.15) is 0 Å². The largest absolute Gasteiger partial charge is 0.481 e. The van der Waals surface area contributed by atoms with Crippen LogP contribution in [-0.4, -0.2) is 44.6 Å². The van der Waals surface area contributed by atoms with Crippen molar-refractivity contribution in [3.63, 3.8) is 0 Å². The molecule has 0 aromatic rings. The number of aliphatic hydroxyl groups is 2. The highest BCUT2D eigenvalue weighted by Crippen LogP contribution is 2.16. The number of rotatable bonds is 9. The molecule has 6 nitrogen and oxygen atoms in total. The van der Waals surface area contributed by atoms with Gasteiger partial charge in [-0.3, -0.25) is 9.59 Å². The summed E-state index contributed by atoms with van der Waals surface area (Å²) < 4.78 is 0. The Morgan fingerprint density at radius 3 is 2.12 bits per heavy atom. The third kappa shape index (κ3) is 6.23. The first-order chi connectivity index (χ1) is 7.90. The van der Waals surface area contributed by atoms with Crippen LogP contribution in [0.15, 0.2) is 0 Å². The third-order valence-electron chi connectivity index (χ3n) is 2.70. The van der Waals surface area contributed by atoms with Crippen LogP contribution in [0.5, 0.6) is 0 Å². The molecule has 3 atom stereocenters. The minimum atomic E-state index is -1.30. The molecule has 0 heterocycles. The number of aliphatic carboxylic acids is 2. The molecule has 0 bridgehead atoms.